The van der Waals surface area contributed by atoms with E-state index in [1.54, 1.807) is 7.11 Å². The Morgan fingerprint density at radius 3 is 2.90 bits per heavy atom. The van der Waals surface area contributed by atoms with E-state index >= 15 is 0 Å². The highest BCUT2D eigenvalue weighted by molar-refractivity contribution is 5.75. The third kappa shape index (κ3) is 3.35. The Labute approximate surface area is 115 Å². The van der Waals surface area contributed by atoms with Crippen molar-refractivity contribution in [3.05, 3.63) is 57.8 Å². The third-order valence-electron chi connectivity index (χ3n) is 2.54. The molecule has 2 rings (SSSR count). The lowest BCUT2D eigenvalue weighted by atomic mass is 10.2. The van der Waals surface area contributed by atoms with Crippen molar-refractivity contribution in [1.29, 1.82) is 0 Å². The Morgan fingerprint density at radius 1 is 1.40 bits per heavy atom. The highest BCUT2D eigenvalue weighted by Crippen LogP contribution is 2.16. The van der Waals surface area contributed by atoms with Crippen molar-refractivity contribution >= 4 is 12.1 Å². The van der Waals surface area contributed by atoms with Crippen molar-refractivity contribution in [3.63, 3.8) is 0 Å². The Kier molecular flexibility index (Phi) is 4.33. The van der Waals surface area contributed by atoms with E-state index in [9.17, 15) is 10.1 Å². The summed E-state index contributed by atoms with van der Waals surface area (Å²) in [6.07, 6.45) is 1.38. The Morgan fingerprint density at radius 2 is 2.20 bits per heavy atom. The van der Waals surface area contributed by atoms with Gasteiger partial charge in [-0.3, -0.25) is 10.1 Å². The summed E-state index contributed by atoms with van der Waals surface area (Å²) in [4.78, 5) is 9.84. The number of hydrogen-bond donors (Lipinski definition) is 1. The van der Waals surface area contributed by atoms with Crippen LogP contribution in [0.3, 0.4) is 0 Å². The van der Waals surface area contributed by atoms with Gasteiger partial charge in [0.1, 0.15) is 10.7 Å². The van der Waals surface area contributed by atoms with Gasteiger partial charge >= 0.3 is 5.88 Å². The molecule has 0 unspecified atom stereocenters. The smallest absolute Gasteiger partial charge is 0.433 e. The second-order valence-corrected chi connectivity index (χ2v) is 3.84. The topological polar surface area (TPSA) is 89.9 Å². The summed E-state index contributed by atoms with van der Waals surface area (Å²) in [7, 11) is 1.60. The molecule has 0 spiro atoms. The SMILES string of the molecule is COc1ccccc1CN/N=C/c1ccc([N+](=O)[O-])o1. The minimum Gasteiger partial charge on any atom is -0.496 e. The lowest BCUT2D eigenvalue weighted by molar-refractivity contribution is -0.402. The maximum absolute atomic E-state index is 10.4. The summed E-state index contributed by atoms with van der Waals surface area (Å²) in [5.41, 5.74) is 3.78. The number of nitrogens with zero attached hydrogens (tertiary/aromatic N) is 2. The molecule has 0 fully saturated rings. The number of furan rings is 1. The molecule has 0 amide bonds. The van der Waals surface area contributed by atoms with Crippen molar-refractivity contribution in [3.8, 4) is 5.75 Å². The summed E-state index contributed by atoms with van der Waals surface area (Å²) in [6, 6.07) is 10.3. The highest BCUT2D eigenvalue weighted by Gasteiger charge is 2.10. The van der Waals surface area contributed by atoms with Crippen molar-refractivity contribution in [2.24, 2.45) is 5.10 Å². The van der Waals surface area contributed by atoms with Crippen molar-refractivity contribution in [2.45, 2.75) is 6.54 Å². The third-order valence-corrected chi connectivity index (χ3v) is 2.54. The standard InChI is InChI=1S/C13H13N3O4/c1-19-12-5-3-2-4-10(12)8-14-15-9-11-6-7-13(20-11)16(17)18/h2-7,9,14H,8H2,1H3/b15-9+. The molecule has 0 aliphatic carbocycles. The average molecular weight is 275 g/mol. The maximum atomic E-state index is 10.4. The molecule has 20 heavy (non-hydrogen) atoms. The molecule has 0 saturated carbocycles. The normalized spacial score (nSPS) is 10.7. The lowest BCUT2D eigenvalue weighted by Gasteiger charge is -2.06. The van der Waals surface area contributed by atoms with Crippen LogP contribution in [0.25, 0.3) is 0 Å². The zero-order valence-corrected chi connectivity index (χ0v) is 10.8. The first-order valence-electron chi connectivity index (χ1n) is 5.82. The van der Waals surface area contributed by atoms with Crippen LogP contribution in [0.5, 0.6) is 5.75 Å². The van der Waals surface area contributed by atoms with Gasteiger partial charge in [-0.1, -0.05) is 18.2 Å². The lowest BCUT2D eigenvalue weighted by Crippen LogP contribution is -2.06. The molecular formula is C13H13N3O4. The molecule has 0 bridgehead atoms. The van der Waals surface area contributed by atoms with Crippen LogP contribution in [-0.2, 0) is 6.54 Å². The van der Waals surface area contributed by atoms with E-state index in [0.717, 1.165) is 11.3 Å². The van der Waals surface area contributed by atoms with Crippen LogP contribution < -0.4 is 10.2 Å². The highest BCUT2D eigenvalue weighted by atomic mass is 16.6. The van der Waals surface area contributed by atoms with Crippen molar-refractivity contribution in [2.75, 3.05) is 7.11 Å². The Hall–Kier alpha value is -2.83. The van der Waals surface area contributed by atoms with Gasteiger partial charge in [0.25, 0.3) is 0 Å². The molecule has 0 aliphatic heterocycles. The number of nitrogens with one attached hydrogen (secondary N) is 1. The summed E-state index contributed by atoms with van der Waals surface area (Å²) >= 11 is 0. The first-order valence-corrected chi connectivity index (χ1v) is 5.82. The zero-order chi connectivity index (χ0) is 14.4. The molecule has 0 radical (unpaired) electrons. The largest absolute Gasteiger partial charge is 0.496 e. The molecule has 1 aromatic carbocycles. The van der Waals surface area contributed by atoms with Gasteiger partial charge in [0.15, 0.2) is 5.76 Å². The predicted molar refractivity (Wildman–Crippen MR) is 72.8 cm³/mol. The van der Waals surface area contributed by atoms with E-state index in [-0.39, 0.29) is 5.88 Å². The fourth-order valence-electron chi connectivity index (χ4n) is 1.60. The number of benzene rings is 1. The van der Waals surface area contributed by atoms with E-state index < -0.39 is 4.92 Å². The number of ether oxygens (including phenoxy) is 1. The number of rotatable bonds is 6. The predicted octanol–water partition coefficient (Wildman–Crippen LogP) is 2.32. The van der Waals surface area contributed by atoms with E-state index in [4.69, 9.17) is 9.15 Å². The van der Waals surface area contributed by atoms with Crippen molar-refractivity contribution in [1.82, 2.24) is 5.43 Å². The van der Waals surface area contributed by atoms with Crippen LogP contribution in [0.2, 0.25) is 0 Å². The summed E-state index contributed by atoms with van der Waals surface area (Å²) in [5, 5.41) is 14.4. The molecule has 7 nitrogen and oxygen atoms in total. The van der Waals surface area contributed by atoms with E-state index in [1.807, 2.05) is 24.3 Å². The number of methoxy groups -OCH3 is 1. The number of hydrazone groups is 1. The number of hydrogen-bond acceptors (Lipinski definition) is 6. The summed E-state index contributed by atoms with van der Waals surface area (Å²) < 4.78 is 10.1. The van der Waals surface area contributed by atoms with Gasteiger partial charge in [-0.2, -0.15) is 5.10 Å². The molecule has 2 aromatic rings. The molecule has 1 aromatic heterocycles. The molecule has 1 heterocycles. The second kappa shape index (κ2) is 6.37. The molecule has 0 atom stereocenters. The summed E-state index contributed by atoms with van der Waals surface area (Å²) in [6.45, 7) is 0.476. The van der Waals surface area contributed by atoms with Crippen LogP contribution in [0, 0.1) is 10.1 Å². The fourth-order valence-corrected chi connectivity index (χ4v) is 1.60. The average Bonchev–Trinajstić information content (AvgIpc) is 2.93. The number of para-hydroxylation sites is 1. The fraction of sp³-hybridized carbons (Fsp3) is 0.154. The molecule has 104 valence electrons. The molecule has 0 saturated heterocycles. The van der Waals surface area contributed by atoms with Gasteiger partial charge < -0.3 is 14.6 Å². The Balaban J connectivity index is 1.91. The van der Waals surface area contributed by atoms with Crippen LogP contribution in [0.1, 0.15) is 11.3 Å². The minimum atomic E-state index is -0.598. The second-order valence-electron chi connectivity index (χ2n) is 3.84. The van der Waals surface area contributed by atoms with E-state index in [2.05, 4.69) is 10.5 Å². The minimum absolute atomic E-state index is 0.309. The van der Waals surface area contributed by atoms with Gasteiger partial charge in [-0.25, -0.2) is 0 Å². The molecule has 1 N–H and O–H groups in total. The molecule has 7 heteroatoms. The number of nitro groups is 1. The molecule has 0 aliphatic rings. The first-order chi connectivity index (χ1) is 9.70. The van der Waals surface area contributed by atoms with Gasteiger partial charge in [0.2, 0.25) is 0 Å². The van der Waals surface area contributed by atoms with E-state index in [0.29, 0.717) is 12.3 Å². The van der Waals surface area contributed by atoms with Gasteiger partial charge in [0, 0.05) is 5.56 Å². The van der Waals surface area contributed by atoms with Crippen LogP contribution in [-0.4, -0.2) is 18.2 Å². The van der Waals surface area contributed by atoms with Crippen LogP contribution in [0.4, 0.5) is 5.88 Å². The van der Waals surface area contributed by atoms with Crippen LogP contribution in [0.15, 0.2) is 45.9 Å². The zero-order valence-electron chi connectivity index (χ0n) is 10.8. The monoisotopic (exact) mass is 275 g/mol. The van der Waals surface area contributed by atoms with Gasteiger partial charge in [-0.15, -0.1) is 0 Å². The Bertz CT molecular complexity index is 622. The molecular weight excluding hydrogens is 262 g/mol. The summed E-state index contributed by atoms with van der Waals surface area (Å²) in [5.74, 6) is 0.768. The van der Waals surface area contributed by atoms with Crippen LogP contribution >= 0.6 is 0 Å². The van der Waals surface area contributed by atoms with Crippen molar-refractivity contribution < 1.29 is 14.1 Å². The van der Waals surface area contributed by atoms with E-state index in [1.165, 1.54) is 18.3 Å². The first kappa shape index (κ1) is 13.6. The van der Waals surface area contributed by atoms with Gasteiger partial charge in [-0.05, 0) is 12.1 Å². The van der Waals surface area contributed by atoms with Gasteiger partial charge in [0.05, 0.1) is 25.9 Å². The maximum Gasteiger partial charge on any atom is 0.433 e. The quantitative estimate of drug-likeness (QED) is 0.496.